The van der Waals surface area contributed by atoms with Gasteiger partial charge in [-0.05, 0) is 39.7 Å². The van der Waals surface area contributed by atoms with Crippen molar-refractivity contribution in [3.63, 3.8) is 0 Å². The predicted octanol–water partition coefficient (Wildman–Crippen LogP) is 2.52. The summed E-state index contributed by atoms with van der Waals surface area (Å²) < 4.78 is 5.93. The molecule has 1 atom stereocenters. The Hall–Kier alpha value is -1.59. The molecule has 0 saturated heterocycles. The normalized spacial score (nSPS) is 12.2. The number of methoxy groups -OCH3 is 1. The maximum absolute atomic E-state index is 10.3. The highest BCUT2D eigenvalue weighted by atomic mass is 79.9. The molecule has 94 valence electrons. The van der Waals surface area contributed by atoms with Crippen molar-refractivity contribution in [2.24, 2.45) is 0 Å². The van der Waals surface area contributed by atoms with Crippen molar-refractivity contribution < 1.29 is 9.84 Å². The maximum atomic E-state index is 10.3. The minimum atomic E-state index is -0.805. The summed E-state index contributed by atoms with van der Waals surface area (Å²) in [6, 6.07) is 8.88. The van der Waals surface area contributed by atoms with Crippen molar-refractivity contribution in [1.29, 1.82) is 0 Å². The fraction of sp³-hybridized carbons (Fsp3) is 0.154. The smallest absolute Gasteiger partial charge is 0.133 e. The number of aromatic nitrogens is 1. The van der Waals surface area contributed by atoms with E-state index in [-0.39, 0.29) is 0 Å². The summed E-state index contributed by atoms with van der Waals surface area (Å²) >= 11 is 3.38. The molecule has 0 aliphatic rings. The lowest BCUT2D eigenvalue weighted by Gasteiger charge is -2.14. The molecule has 3 N–H and O–H groups in total. The molecular formula is C13H13BrN2O2. The molecule has 0 fully saturated rings. The van der Waals surface area contributed by atoms with Crippen LogP contribution >= 0.6 is 15.9 Å². The molecule has 4 nitrogen and oxygen atoms in total. The Kier molecular flexibility index (Phi) is 3.84. The zero-order valence-corrected chi connectivity index (χ0v) is 11.4. The third kappa shape index (κ3) is 2.47. The zero-order valence-electron chi connectivity index (χ0n) is 9.80. The fourth-order valence-electron chi connectivity index (χ4n) is 1.69. The van der Waals surface area contributed by atoms with Gasteiger partial charge in [-0.15, -0.1) is 0 Å². The number of ether oxygens (including phenoxy) is 1. The molecule has 0 aliphatic heterocycles. The van der Waals surface area contributed by atoms with Crippen LogP contribution in [-0.4, -0.2) is 17.2 Å². The van der Waals surface area contributed by atoms with Crippen LogP contribution in [0.2, 0.25) is 0 Å². The minimum absolute atomic E-state index is 0.331. The fourth-order valence-corrected chi connectivity index (χ4v) is 2.25. The van der Waals surface area contributed by atoms with E-state index < -0.39 is 6.10 Å². The zero-order chi connectivity index (χ0) is 13.1. The maximum Gasteiger partial charge on any atom is 0.133 e. The van der Waals surface area contributed by atoms with Crippen LogP contribution in [0.4, 0.5) is 5.82 Å². The summed E-state index contributed by atoms with van der Waals surface area (Å²) in [5.74, 6) is 1.04. The van der Waals surface area contributed by atoms with E-state index in [1.165, 1.54) is 0 Å². The van der Waals surface area contributed by atoms with Crippen molar-refractivity contribution in [2.45, 2.75) is 6.10 Å². The van der Waals surface area contributed by atoms with Crippen LogP contribution in [0.15, 0.2) is 41.0 Å². The van der Waals surface area contributed by atoms with Crippen LogP contribution < -0.4 is 10.5 Å². The molecular weight excluding hydrogens is 296 g/mol. The van der Waals surface area contributed by atoms with Crippen molar-refractivity contribution in [3.05, 3.63) is 52.1 Å². The van der Waals surface area contributed by atoms with E-state index >= 15 is 0 Å². The minimum Gasteiger partial charge on any atom is -0.496 e. The second-order valence-corrected chi connectivity index (χ2v) is 4.63. The van der Waals surface area contributed by atoms with Gasteiger partial charge in [-0.2, -0.15) is 0 Å². The van der Waals surface area contributed by atoms with E-state index in [2.05, 4.69) is 20.9 Å². The first-order valence-electron chi connectivity index (χ1n) is 5.35. The van der Waals surface area contributed by atoms with Crippen LogP contribution in [0.25, 0.3) is 0 Å². The molecule has 0 radical (unpaired) electrons. The van der Waals surface area contributed by atoms with Gasteiger partial charge in [-0.3, -0.25) is 0 Å². The lowest BCUT2D eigenvalue weighted by Crippen LogP contribution is -2.05. The van der Waals surface area contributed by atoms with E-state index in [1.807, 2.05) is 0 Å². The summed E-state index contributed by atoms with van der Waals surface area (Å²) in [6.07, 6.45) is 0.788. The van der Waals surface area contributed by atoms with Crippen LogP contribution in [-0.2, 0) is 0 Å². The topological polar surface area (TPSA) is 68.4 Å². The quantitative estimate of drug-likeness (QED) is 0.914. The van der Waals surface area contributed by atoms with Crippen LogP contribution in [0, 0.1) is 0 Å². The molecule has 0 aliphatic carbocycles. The van der Waals surface area contributed by atoms with E-state index in [0.29, 0.717) is 17.1 Å². The molecule has 1 aromatic heterocycles. The first kappa shape index (κ1) is 12.9. The van der Waals surface area contributed by atoms with Gasteiger partial charge in [-0.25, -0.2) is 4.98 Å². The molecule has 0 amide bonds. The Morgan fingerprint density at radius 3 is 2.78 bits per heavy atom. The number of nitrogens with two attached hydrogens (primary N) is 1. The predicted molar refractivity (Wildman–Crippen MR) is 73.4 cm³/mol. The highest BCUT2D eigenvalue weighted by Gasteiger charge is 2.15. The second kappa shape index (κ2) is 5.37. The van der Waals surface area contributed by atoms with E-state index in [4.69, 9.17) is 10.5 Å². The lowest BCUT2D eigenvalue weighted by molar-refractivity contribution is 0.220. The standard InChI is InChI=1S/C13H13BrN2O2/c1-18-11-5-4-8(7-10(11)14)12(17)9-3-2-6-16-13(9)15/h2-7,12,17H,1H3,(H2,15,16). The number of aliphatic hydroxyl groups excluding tert-OH is 1. The first-order valence-corrected chi connectivity index (χ1v) is 6.14. The van der Waals surface area contributed by atoms with E-state index in [0.717, 1.165) is 10.0 Å². The Bertz CT molecular complexity index is 560. The Balaban J connectivity index is 2.37. The van der Waals surface area contributed by atoms with Crippen molar-refractivity contribution >= 4 is 21.7 Å². The van der Waals surface area contributed by atoms with Gasteiger partial charge in [0.25, 0.3) is 0 Å². The number of nitrogen functional groups attached to an aromatic ring is 1. The molecule has 1 aromatic carbocycles. The number of halogens is 1. The molecule has 0 bridgehead atoms. The lowest BCUT2D eigenvalue weighted by atomic mass is 10.0. The summed E-state index contributed by atoms with van der Waals surface area (Å²) in [6.45, 7) is 0. The highest BCUT2D eigenvalue weighted by molar-refractivity contribution is 9.10. The van der Waals surface area contributed by atoms with Gasteiger partial charge in [-0.1, -0.05) is 12.1 Å². The Morgan fingerprint density at radius 2 is 2.17 bits per heavy atom. The first-order chi connectivity index (χ1) is 8.63. The summed E-state index contributed by atoms with van der Waals surface area (Å²) in [5, 5.41) is 10.3. The number of anilines is 1. The van der Waals surface area contributed by atoms with E-state index in [1.54, 1.807) is 43.6 Å². The number of hydrogen-bond donors (Lipinski definition) is 2. The van der Waals surface area contributed by atoms with Gasteiger partial charge >= 0.3 is 0 Å². The Morgan fingerprint density at radius 1 is 1.39 bits per heavy atom. The van der Waals surface area contributed by atoms with Gasteiger partial charge < -0.3 is 15.6 Å². The third-order valence-corrected chi connectivity index (χ3v) is 3.28. The molecule has 18 heavy (non-hydrogen) atoms. The summed E-state index contributed by atoms with van der Waals surface area (Å²) in [5.41, 5.74) is 7.06. The molecule has 2 aromatic rings. The summed E-state index contributed by atoms with van der Waals surface area (Å²) in [4.78, 5) is 3.96. The molecule has 5 heteroatoms. The second-order valence-electron chi connectivity index (χ2n) is 3.77. The number of benzene rings is 1. The molecule has 1 heterocycles. The van der Waals surface area contributed by atoms with Gasteiger partial charge in [0.15, 0.2) is 0 Å². The van der Waals surface area contributed by atoms with Crippen LogP contribution in [0.5, 0.6) is 5.75 Å². The number of hydrogen-bond acceptors (Lipinski definition) is 4. The number of nitrogens with zero attached hydrogens (tertiary/aromatic N) is 1. The Labute approximate surface area is 114 Å². The van der Waals surface area contributed by atoms with Gasteiger partial charge in [0, 0.05) is 11.8 Å². The SMILES string of the molecule is COc1ccc(C(O)c2cccnc2N)cc1Br. The van der Waals surface area contributed by atoms with Crippen LogP contribution in [0.1, 0.15) is 17.2 Å². The number of pyridine rings is 1. The number of aliphatic hydroxyl groups is 1. The van der Waals surface area contributed by atoms with Crippen molar-refractivity contribution in [3.8, 4) is 5.75 Å². The highest BCUT2D eigenvalue weighted by Crippen LogP contribution is 2.31. The molecule has 0 saturated carbocycles. The van der Waals surface area contributed by atoms with Gasteiger partial charge in [0.2, 0.25) is 0 Å². The largest absolute Gasteiger partial charge is 0.496 e. The van der Waals surface area contributed by atoms with Crippen molar-refractivity contribution in [2.75, 3.05) is 12.8 Å². The average molecular weight is 309 g/mol. The average Bonchev–Trinajstić information content (AvgIpc) is 2.38. The molecule has 0 spiro atoms. The van der Waals surface area contributed by atoms with Gasteiger partial charge in [0.05, 0.1) is 11.6 Å². The monoisotopic (exact) mass is 308 g/mol. The number of rotatable bonds is 3. The van der Waals surface area contributed by atoms with Crippen molar-refractivity contribution in [1.82, 2.24) is 4.98 Å². The summed E-state index contributed by atoms with van der Waals surface area (Å²) in [7, 11) is 1.59. The van der Waals surface area contributed by atoms with E-state index in [9.17, 15) is 5.11 Å². The third-order valence-electron chi connectivity index (χ3n) is 2.66. The van der Waals surface area contributed by atoms with Crippen LogP contribution in [0.3, 0.4) is 0 Å². The molecule has 2 rings (SSSR count). The molecule has 1 unspecified atom stereocenters. The van der Waals surface area contributed by atoms with Gasteiger partial charge in [0.1, 0.15) is 17.7 Å².